The molecule has 1 aliphatic rings. The molecule has 0 spiro atoms. The molecule has 1 unspecified atom stereocenters. The lowest BCUT2D eigenvalue weighted by molar-refractivity contribution is -0.141. The summed E-state index contributed by atoms with van der Waals surface area (Å²) in [7, 11) is 5.14. The van der Waals surface area contributed by atoms with E-state index in [9.17, 15) is 4.79 Å². The van der Waals surface area contributed by atoms with Gasteiger partial charge in [0.25, 0.3) is 0 Å². The second kappa shape index (κ2) is 19.8. The summed E-state index contributed by atoms with van der Waals surface area (Å²) in [6.45, 7) is 29.5. The van der Waals surface area contributed by atoms with E-state index in [1.54, 1.807) is 21.3 Å². The van der Waals surface area contributed by atoms with Gasteiger partial charge in [0.05, 0.1) is 27.4 Å². The number of nitrogens with zero attached hydrogens (tertiary/aromatic N) is 1. The molecule has 0 saturated carbocycles. The molecule has 2 aromatic carbocycles. The van der Waals surface area contributed by atoms with E-state index in [4.69, 9.17) is 14.2 Å². The number of hydrogen-bond acceptors (Lipinski definition) is 5. The first-order valence-electron chi connectivity index (χ1n) is 21.9. The number of carbonyl (C=O) groups excluding carboxylic acids is 1. The van der Waals surface area contributed by atoms with E-state index in [1.165, 1.54) is 110 Å². The van der Waals surface area contributed by atoms with Crippen LogP contribution in [0, 0.1) is 0 Å². The molecule has 5 nitrogen and oxygen atoms in total. The Labute approximate surface area is 339 Å². The zero-order chi connectivity index (χ0) is 41.4. The molecular formula is C50H83NO4. The first-order valence-corrected chi connectivity index (χ1v) is 21.9. The third kappa shape index (κ3) is 12.5. The lowest BCUT2D eigenvalue weighted by Gasteiger charge is -2.34. The van der Waals surface area contributed by atoms with Crippen LogP contribution in [0.25, 0.3) is 0 Å². The molecule has 1 aliphatic heterocycles. The second-order valence-electron chi connectivity index (χ2n) is 20.7. The summed E-state index contributed by atoms with van der Waals surface area (Å²) in [6, 6.07) is 9.14. The Hall–Kier alpha value is -2.53. The number of esters is 1. The SMILES string of the molecule is CCCCCCCCCCCCCCC[C@@H]1[C@@H](C(=O)OC)N1C(c1cc(C(C)(C)C)c(OC)c(C(C)(C)C)c1)c1cc(C(C)(C)C)c(OC)c(C(C)(C)C)c1. The van der Waals surface area contributed by atoms with E-state index in [1.807, 2.05) is 0 Å². The van der Waals surface area contributed by atoms with Crippen LogP contribution >= 0.6 is 0 Å². The molecule has 3 rings (SSSR count). The maximum absolute atomic E-state index is 13.7. The predicted octanol–water partition coefficient (Wildman–Crippen LogP) is 13.7. The van der Waals surface area contributed by atoms with Crippen molar-refractivity contribution >= 4 is 5.97 Å². The third-order valence-corrected chi connectivity index (χ3v) is 11.8. The average Bonchev–Trinajstić information content (AvgIpc) is 3.80. The van der Waals surface area contributed by atoms with Crippen LogP contribution in [0.4, 0.5) is 0 Å². The van der Waals surface area contributed by atoms with E-state index in [0.29, 0.717) is 0 Å². The van der Waals surface area contributed by atoms with Gasteiger partial charge < -0.3 is 14.2 Å². The predicted molar refractivity (Wildman–Crippen MR) is 234 cm³/mol. The molecule has 0 N–H and O–H groups in total. The van der Waals surface area contributed by atoms with Crippen LogP contribution in [0.2, 0.25) is 0 Å². The van der Waals surface area contributed by atoms with E-state index < -0.39 is 0 Å². The van der Waals surface area contributed by atoms with Gasteiger partial charge in [-0.15, -0.1) is 0 Å². The molecule has 0 bridgehead atoms. The summed E-state index contributed by atoms with van der Waals surface area (Å²) >= 11 is 0. The molecule has 312 valence electrons. The van der Waals surface area contributed by atoms with Crippen LogP contribution in [-0.4, -0.2) is 44.3 Å². The van der Waals surface area contributed by atoms with Crippen LogP contribution in [0.3, 0.4) is 0 Å². The van der Waals surface area contributed by atoms with Crippen molar-refractivity contribution in [3.05, 3.63) is 57.6 Å². The Morgan fingerprint density at radius 2 is 0.855 bits per heavy atom. The third-order valence-electron chi connectivity index (χ3n) is 11.8. The van der Waals surface area contributed by atoms with E-state index in [-0.39, 0.29) is 45.8 Å². The summed E-state index contributed by atoms with van der Waals surface area (Å²) in [5, 5.41) is 0. The number of hydrogen-bond donors (Lipinski definition) is 0. The highest BCUT2D eigenvalue weighted by molar-refractivity contribution is 5.80. The lowest BCUT2D eigenvalue weighted by Crippen LogP contribution is -2.25. The van der Waals surface area contributed by atoms with Crippen molar-refractivity contribution in [3.8, 4) is 11.5 Å². The molecule has 0 aromatic heterocycles. The molecular weight excluding hydrogens is 679 g/mol. The van der Waals surface area contributed by atoms with Crippen LogP contribution in [0.1, 0.15) is 219 Å². The summed E-state index contributed by atoms with van der Waals surface area (Å²) in [4.78, 5) is 16.2. The molecule has 0 radical (unpaired) electrons. The Morgan fingerprint density at radius 1 is 0.545 bits per heavy atom. The smallest absolute Gasteiger partial charge is 0.324 e. The summed E-state index contributed by atoms with van der Waals surface area (Å²) in [5.41, 5.74) is 6.51. The van der Waals surface area contributed by atoms with Crippen molar-refractivity contribution in [1.29, 1.82) is 0 Å². The van der Waals surface area contributed by atoms with Gasteiger partial charge in [0.15, 0.2) is 0 Å². The van der Waals surface area contributed by atoms with Gasteiger partial charge in [-0.05, 0) is 63.5 Å². The maximum atomic E-state index is 13.7. The number of methoxy groups -OCH3 is 3. The van der Waals surface area contributed by atoms with Crippen LogP contribution in [0.15, 0.2) is 24.3 Å². The van der Waals surface area contributed by atoms with E-state index in [0.717, 1.165) is 24.3 Å². The van der Waals surface area contributed by atoms with Gasteiger partial charge in [-0.3, -0.25) is 9.69 Å². The fraction of sp³-hybridized carbons (Fsp3) is 0.740. The summed E-state index contributed by atoms with van der Waals surface area (Å²) in [5.74, 6) is 1.79. The highest BCUT2D eigenvalue weighted by Crippen LogP contribution is 2.51. The molecule has 1 fully saturated rings. The minimum Gasteiger partial charge on any atom is -0.496 e. The largest absolute Gasteiger partial charge is 0.496 e. The molecule has 55 heavy (non-hydrogen) atoms. The van der Waals surface area contributed by atoms with Crippen LogP contribution < -0.4 is 9.47 Å². The van der Waals surface area contributed by atoms with Gasteiger partial charge in [0, 0.05) is 28.3 Å². The average molecular weight is 762 g/mol. The summed E-state index contributed by atoms with van der Waals surface area (Å²) < 4.78 is 18.0. The van der Waals surface area contributed by atoms with Gasteiger partial charge >= 0.3 is 5.97 Å². The van der Waals surface area contributed by atoms with Crippen molar-refractivity contribution in [2.75, 3.05) is 21.3 Å². The van der Waals surface area contributed by atoms with Crippen LogP contribution in [0.5, 0.6) is 11.5 Å². The molecule has 0 amide bonds. The topological polar surface area (TPSA) is 47.8 Å². The van der Waals surface area contributed by atoms with E-state index >= 15 is 0 Å². The fourth-order valence-corrected chi connectivity index (χ4v) is 8.55. The summed E-state index contributed by atoms with van der Waals surface area (Å²) in [6.07, 6.45) is 18.3. The first kappa shape index (κ1) is 46.8. The van der Waals surface area contributed by atoms with Gasteiger partial charge in [0.2, 0.25) is 0 Å². The molecule has 1 saturated heterocycles. The molecule has 5 heteroatoms. The molecule has 3 atom stereocenters. The Kier molecular flexibility index (Phi) is 16.8. The fourth-order valence-electron chi connectivity index (χ4n) is 8.55. The van der Waals surface area contributed by atoms with E-state index in [2.05, 4.69) is 119 Å². The van der Waals surface area contributed by atoms with Crippen molar-refractivity contribution in [3.63, 3.8) is 0 Å². The number of benzene rings is 2. The van der Waals surface area contributed by atoms with Gasteiger partial charge in [-0.2, -0.15) is 0 Å². The zero-order valence-electron chi connectivity index (χ0n) is 38.5. The quantitative estimate of drug-likeness (QED) is 0.0764. The Morgan fingerprint density at radius 3 is 1.13 bits per heavy atom. The number of carbonyl (C=O) groups is 1. The standard InChI is InChI=1S/C50H83NO4/c1-17-18-19-20-21-22-23-24-25-26-27-28-29-30-41-43(46(52)55-16)51(41)42(35-31-37(47(2,3)4)44(53-14)38(32-35)48(5,6)7)36-33-39(49(8,9)10)45(54-15)40(34-36)50(11,12)13/h31-34,41-43H,17-30H2,1-16H3/t41-,43+,51?/m1/s1. The molecule has 1 heterocycles. The van der Waals surface area contributed by atoms with Gasteiger partial charge in [-0.1, -0.05) is 173 Å². The monoisotopic (exact) mass is 762 g/mol. The molecule has 2 aromatic rings. The lowest BCUT2D eigenvalue weighted by atomic mass is 9.75. The van der Waals surface area contributed by atoms with Crippen molar-refractivity contribution in [2.24, 2.45) is 0 Å². The van der Waals surface area contributed by atoms with Crippen LogP contribution in [-0.2, 0) is 31.2 Å². The highest BCUT2D eigenvalue weighted by atomic mass is 16.5. The molecule has 0 aliphatic carbocycles. The maximum Gasteiger partial charge on any atom is 0.324 e. The number of unbranched alkanes of at least 4 members (excludes halogenated alkanes) is 12. The minimum atomic E-state index is -0.288. The zero-order valence-corrected chi connectivity index (χ0v) is 38.5. The normalized spacial score (nSPS) is 17.8. The van der Waals surface area contributed by atoms with Crippen molar-refractivity contribution in [2.45, 2.75) is 220 Å². The second-order valence-corrected chi connectivity index (χ2v) is 20.7. The van der Waals surface area contributed by atoms with Gasteiger partial charge in [0.1, 0.15) is 17.5 Å². The van der Waals surface area contributed by atoms with Gasteiger partial charge in [-0.25, -0.2) is 0 Å². The highest BCUT2D eigenvalue weighted by Gasteiger charge is 2.57. The number of ether oxygens (including phenoxy) is 3. The first-order chi connectivity index (χ1) is 25.6. The Balaban J connectivity index is 2.07. The van der Waals surface area contributed by atoms with Crippen molar-refractivity contribution in [1.82, 2.24) is 4.90 Å². The van der Waals surface area contributed by atoms with Crippen molar-refractivity contribution < 1.29 is 19.0 Å². The minimum absolute atomic E-state index is 0.113. The number of rotatable bonds is 20. The Bertz CT molecular complexity index is 1360.